The predicted octanol–water partition coefficient (Wildman–Crippen LogP) is 3.72. The molecule has 36 heavy (non-hydrogen) atoms. The molecular weight excluding hydrogens is 480 g/mol. The highest BCUT2D eigenvalue weighted by Gasteiger charge is 2.37. The van der Waals surface area contributed by atoms with Gasteiger partial charge in [-0.1, -0.05) is 25.1 Å². The van der Waals surface area contributed by atoms with Crippen molar-refractivity contribution in [1.82, 2.24) is 5.32 Å². The average molecular weight is 511 g/mol. The van der Waals surface area contributed by atoms with Gasteiger partial charge in [0.2, 0.25) is 0 Å². The summed E-state index contributed by atoms with van der Waals surface area (Å²) in [5.74, 6) is 1.18. The molecule has 0 aromatic heterocycles. The summed E-state index contributed by atoms with van der Waals surface area (Å²) in [6.07, 6.45) is -0.0666. The Kier molecular flexibility index (Phi) is 7.69. The Hall–Kier alpha value is -3.72. The minimum atomic E-state index is -3.96. The maximum atomic E-state index is 13.6. The number of fused-ring (bicyclic) bond motifs is 1. The second-order valence-corrected chi connectivity index (χ2v) is 10.3. The van der Waals surface area contributed by atoms with E-state index in [1.165, 1.54) is 29.1 Å². The Labute approximate surface area is 211 Å². The van der Waals surface area contributed by atoms with Gasteiger partial charge >= 0.3 is 0 Å². The minimum absolute atomic E-state index is 0.0966. The summed E-state index contributed by atoms with van der Waals surface area (Å²) < 4.78 is 45.1. The van der Waals surface area contributed by atoms with Gasteiger partial charge in [-0.15, -0.1) is 0 Å². The van der Waals surface area contributed by atoms with E-state index >= 15 is 0 Å². The van der Waals surface area contributed by atoms with Gasteiger partial charge in [0, 0.05) is 0 Å². The van der Waals surface area contributed by atoms with E-state index in [4.69, 9.17) is 14.2 Å². The monoisotopic (exact) mass is 510 g/mol. The van der Waals surface area contributed by atoms with Crippen LogP contribution in [0.25, 0.3) is 0 Å². The van der Waals surface area contributed by atoms with Gasteiger partial charge in [-0.05, 0) is 73.0 Å². The van der Waals surface area contributed by atoms with Gasteiger partial charge in [0.25, 0.3) is 15.9 Å². The third-order valence-electron chi connectivity index (χ3n) is 5.93. The van der Waals surface area contributed by atoms with Gasteiger partial charge in [0.05, 0.1) is 30.8 Å². The van der Waals surface area contributed by atoms with Crippen molar-refractivity contribution in [3.8, 4) is 17.2 Å². The van der Waals surface area contributed by atoms with E-state index in [9.17, 15) is 13.2 Å². The molecule has 1 amide bonds. The zero-order chi connectivity index (χ0) is 25.7. The molecule has 1 N–H and O–H groups in total. The molecule has 4 rings (SSSR count). The second-order valence-electron chi connectivity index (χ2n) is 8.43. The molecular formula is C27H30N2O6S. The average Bonchev–Trinajstić information content (AvgIpc) is 2.90. The lowest BCUT2D eigenvalue weighted by atomic mass is 10.1. The molecule has 0 bridgehead atoms. The molecule has 190 valence electrons. The van der Waals surface area contributed by atoms with Crippen LogP contribution in [0.2, 0.25) is 0 Å². The summed E-state index contributed by atoms with van der Waals surface area (Å²) in [6, 6.07) is 19.2. The van der Waals surface area contributed by atoms with Crippen LogP contribution < -0.4 is 23.8 Å². The van der Waals surface area contributed by atoms with Crippen molar-refractivity contribution in [2.24, 2.45) is 0 Å². The molecule has 1 aliphatic heterocycles. The molecule has 0 aliphatic carbocycles. The van der Waals surface area contributed by atoms with Gasteiger partial charge in [0.15, 0.2) is 6.10 Å². The summed E-state index contributed by atoms with van der Waals surface area (Å²) >= 11 is 0. The molecule has 1 aliphatic rings. The quantitative estimate of drug-likeness (QED) is 0.441. The van der Waals surface area contributed by atoms with Gasteiger partial charge < -0.3 is 19.5 Å². The second kappa shape index (κ2) is 10.9. The number of ether oxygens (including phenoxy) is 3. The van der Waals surface area contributed by atoms with Crippen molar-refractivity contribution in [3.05, 3.63) is 77.9 Å². The number of nitrogens with zero attached hydrogens (tertiary/aromatic N) is 1. The summed E-state index contributed by atoms with van der Waals surface area (Å²) in [5.41, 5.74) is 2.49. The number of hydrogen-bond donors (Lipinski definition) is 1. The molecule has 0 unspecified atom stereocenters. The smallest absolute Gasteiger partial charge is 0.264 e. The van der Waals surface area contributed by atoms with Crippen LogP contribution in [0.15, 0.2) is 71.6 Å². The van der Waals surface area contributed by atoms with Gasteiger partial charge in [-0.3, -0.25) is 9.10 Å². The summed E-state index contributed by atoms with van der Waals surface area (Å²) in [4.78, 5) is 13.0. The topological polar surface area (TPSA) is 94.2 Å². The Balaban J connectivity index is 1.46. The van der Waals surface area contributed by atoms with Crippen molar-refractivity contribution in [2.75, 3.05) is 31.1 Å². The maximum Gasteiger partial charge on any atom is 0.264 e. The molecule has 0 radical (unpaired) electrons. The van der Waals surface area contributed by atoms with Gasteiger partial charge in [-0.25, -0.2) is 8.42 Å². The Bertz CT molecular complexity index is 1310. The fourth-order valence-corrected chi connectivity index (χ4v) is 5.35. The van der Waals surface area contributed by atoms with Crippen molar-refractivity contribution in [1.29, 1.82) is 0 Å². The number of methoxy groups -OCH3 is 1. The van der Waals surface area contributed by atoms with Crippen LogP contribution in [0.4, 0.5) is 5.69 Å². The van der Waals surface area contributed by atoms with Crippen LogP contribution in [0.5, 0.6) is 17.2 Å². The van der Waals surface area contributed by atoms with E-state index in [0.29, 0.717) is 17.2 Å². The first-order valence-electron chi connectivity index (χ1n) is 11.8. The van der Waals surface area contributed by atoms with Crippen molar-refractivity contribution >= 4 is 21.6 Å². The molecule has 0 saturated heterocycles. The van der Waals surface area contributed by atoms with Crippen LogP contribution in [0.3, 0.4) is 0 Å². The fraction of sp³-hybridized carbons (Fsp3) is 0.296. The van der Waals surface area contributed by atoms with E-state index in [1.807, 2.05) is 37.3 Å². The lowest BCUT2D eigenvalue weighted by molar-refractivity contribution is -0.127. The highest BCUT2D eigenvalue weighted by atomic mass is 32.2. The van der Waals surface area contributed by atoms with Crippen molar-refractivity contribution < 1.29 is 27.4 Å². The number of aryl methyl sites for hydroxylation is 2. The molecule has 8 nitrogen and oxygen atoms in total. The third-order valence-corrected chi connectivity index (χ3v) is 7.72. The zero-order valence-corrected chi connectivity index (χ0v) is 21.4. The Morgan fingerprint density at radius 3 is 2.42 bits per heavy atom. The first-order chi connectivity index (χ1) is 17.3. The SMILES string of the molecule is CCc1ccc(OCCNC(=O)[C@@H]2CN(S(=O)(=O)c3ccc(OC)cc3)c3cc(C)ccc3O2)cc1. The third kappa shape index (κ3) is 5.57. The van der Waals surface area contributed by atoms with Gasteiger partial charge in [-0.2, -0.15) is 0 Å². The number of rotatable bonds is 9. The lowest BCUT2D eigenvalue weighted by Gasteiger charge is -2.35. The number of carbonyl (C=O) groups is 1. The van der Waals surface area contributed by atoms with E-state index in [2.05, 4.69) is 12.2 Å². The normalized spacial score (nSPS) is 15.0. The predicted molar refractivity (Wildman–Crippen MR) is 137 cm³/mol. The Morgan fingerprint density at radius 1 is 1.06 bits per heavy atom. The van der Waals surface area contributed by atoms with Crippen LogP contribution in [-0.4, -0.2) is 47.2 Å². The zero-order valence-electron chi connectivity index (χ0n) is 20.6. The first kappa shape index (κ1) is 25.4. The summed E-state index contributed by atoms with van der Waals surface area (Å²) in [6.45, 7) is 4.32. The van der Waals surface area contributed by atoms with E-state index in [1.54, 1.807) is 24.3 Å². The van der Waals surface area contributed by atoms with E-state index in [0.717, 1.165) is 17.7 Å². The van der Waals surface area contributed by atoms with Gasteiger partial charge in [0.1, 0.15) is 23.9 Å². The summed E-state index contributed by atoms with van der Waals surface area (Å²) in [7, 11) is -2.44. The number of sulfonamides is 1. The number of hydrogen-bond acceptors (Lipinski definition) is 6. The number of anilines is 1. The van der Waals surface area contributed by atoms with Crippen LogP contribution in [-0.2, 0) is 21.2 Å². The number of benzene rings is 3. The highest BCUT2D eigenvalue weighted by molar-refractivity contribution is 7.92. The first-order valence-corrected chi connectivity index (χ1v) is 13.2. The van der Waals surface area contributed by atoms with Crippen molar-refractivity contribution in [3.63, 3.8) is 0 Å². The molecule has 3 aromatic rings. The maximum absolute atomic E-state index is 13.6. The standard InChI is InChI=1S/C27H30N2O6S/c1-4-20-6-8-22(9-7-20)34-16-15-28-27(30)26-18-29(24-17-19(2)5-14-25(24)35-26)36(31,32)23-12-10-21(33-3)11-13-23/h5-14,17,26H,4,15-16,18H2,1-3H3,(H,28,30)/t26-/m0/s1. The number of nitrogens with one attached hydrogen (secondary N) is 1. The molecule has 9 heteroatoms. The van der Waals surface area contributed by atoms with Crippen LogP contribution in [0, 0.1) is 6.92 Å². The number of amides is 1. The molecule has 1 atom stereocenters. The minimum Gasteiger partial charge on any atom is -0.497 e. The molecule has 1 heterocycles. The van der Waals surface area contributed by atoms with E-state index < -0.39 is 22.0 Å². The summed E-state index contributed by atoms with van der Waals surface area (Å²) in [5, 5.41) is 2.79. The lowest BCUT2D eigenvalue weighted by Crippen LogP contribution is -2.51. The number of carbonyl (C=O) groups excluding carboxylic acids is 1. The molecule has 0 spiro atoms. The molecule has 0 fully saturated rings. The van der Waals surface area contributed by atoms with Crippen LogP contribution in [0.1, 0.15) is 18.1 Å². The molecule has 0 saturated carbocycles. The van der Waals surface area contributed by atoms with Crippen LogP contribution >= 0.6 is 0 Å². The Morgan fingerprint density at radius 2 is 1.75 bits per heavy atom. The molecule has 3 aromatic carbocycles. The highest BCUT2D eigenvalue weighted by Crippen LogP contribution is 2.38. The fourth-order valence-electron chi connectivity index (χ4n) is 3.88. The van der Waals surface area contributed by atoms with Crippen molar-refractivity contribution in [2.45, 2.75) is 31.3 Å². The van der Waals surface area contributed by atoms with E-state index in [-0.39, 0.29) is 24.6 Å². The largest absolute Gasteiger partial charge is 0.497 e.